The van der Waals surface area contributed by atoms with Crippen molar-refractivity contribution in [3.8, 4) is 10.6 Å². The summed E-state index contributed by atoms with van der Waals surface area (Å²) in [6, 6.07) is 7.60. The van der Waals surface area contributed by atoms with Crippen LogP contribution in [0.15, 0.2) is 35.8 Å². The van der Waals surface area contributed by atoms with Crippen LogP contribution in [0.4, 0.5) is 0 Å². The van der Waals surface area contributed by atoms with Crippen LogP contribution in [-0.4, -0.2) is 17.4 Å². The lowest BCUT2D eigenvalue weighted by Gasteiger charge is -2.07. The van der Waals surface area contributed by atoms with Crippen LogP contribution in [0.25, 0.3) is 10.6 Å². The second kappa shape index (κ2) is 6.48. The lowest BCUT2D eigenvalue weighted by Crippen LogP contribution is -2.25. The topological polar surface area (TPSA) is 42.0 Å². The van der Waals surface area contributed by atoms with E-state index in [4.69, 9.17) is 0 Å². The van der Waals surface area contributed by atoms with Crippen molar-refractivity contribution in [3.63, 3.8) is 0 Å². The van der Waals surface area contributed by atoms with Gasteiger partial charge < -0.3 is 5.32 Å². The van der Waals surface area contributed by atoms with Crippen LogP contribution in [0.1, 0.15) is 30.6 Å². The molecule has 1 aromatic carbocycles. The summed E-state index contributed by atoms with van der Waals surface area (Å²) in [7, 11) is 0. The minimum Gasteiger partial charge on any atom is -0.352 e. The summed E-state index contributed by atoms with van der Waals surface area (Å²) in [4.78, 5) is 16.3. The summed E-state index contributed by atoms with van der Waals surface area (Å²) in [5.41, 5.74) is 1.68. The molecule has 1 aromatic heterocycles. The molecule has 1 amide bonds. The summed E-state index contributed by atoms with van der Waals surface area (Å²) in [5, 5.41) is 5.82. The molecule has 2 aromatic rings. The third-order valence-corrected chi connectivity index (χ3v) is 3.63. The lowest BCUT2D eigenvalue weighted by molar-refractivity contribution is 0.0952. The van der Waals surface area contributed by atoms with Crippen molar-refractivity contribution >= 4 is 17.2 Å². The van der Waals surface area contributed by atoms with Gasteiger partial charge in [-0.1, -0.05) is 26.0 Å². The molecule has 0 radical (unpaired) electrons. The van der Waals surface area contributed by atoms with Gasteiger partial charge in [0.15, 0.2) is 0 Å². The number of amides is 1. The highest BCUT2D eigenvalue weighted by Gasteiger charge is 2.08. The number of thiazole rings is 1. The molecule has 2 rings (SSSR count). The molecule has 0 unspecified atom stereocenters. The zero-order valence-electron chi connectivity index (χ0n) is 11.2. The fourth-order valence-electron chi connectivity index (χ4n) is 1.74. The van der Waals surface area contributed by atoms with Gasteiger partial charge in [0.2, 0.25) is 0 Å². The first-order valence-corrected chi connectivity index (χ1v) is 7.33. The van der Waals surface area contributed by atoms with Gasteiger partial charge in [0, 0.05) is 29.2 Å². The van der Waals surface area contributed by atoms with Crippen molar-refractivity contribution in [2.75, 3.05) is 6.54 Å². The highest BCUT2D eigenvalue weighted by atomic mass is 32.1. The largest absolute Gasteiger partial charge is 0.352 e. The van der Waals surface area contributed by atoms with Crippen molar-refractivity contribution in [1.29, 1.82) is 0 Å². The van der Waals surface area contributed by atoms with Crippen LogP contribution in [0.5, 0.6) is 0 Å². The van der Waals surface area contributed by atoms with E-state index in [1.54, 1.807) is 17.5 Å². The van der Waals surface area contributed by atoms with Gasteiger partial charge in [-0.15, -0.1) is 11.3 Å². The fraction of sp³-hybridized carbons (Fsp3) is 0.333. The van der Waals surface area contributed by atoms with E-state index in [0.29, 0.717) is 11.5 Å². The molecule has 4 heteroatoms. The molecule has 0 saturated carbocycles. The second-order valence-corrected chi connectivity index (χ2v) is 5.75. The summed E-state index contributed by atoms with van der Waals surface area (Å²) >= 11 is 1.58. The Bertz CT molecular complexity index is 535. The first kappa shape index (κ1) is 13.7. The van der Waals surface area contributed by atoms with Gasteiger partial charge in [0.25, 0.3) is 5.91 Å². The molecular weight excluding hydrogens is 256 g/mol. The Balaban J connectivity index is 2.04. The van der Waals surface area contributed by atoms with Crippen LogP contribution in [0.3, 0.4) is 0 Å². The Kier molecular flexibility index (Phi) is 4.68. The maximum absolute atomic E-state index is 12.0. The Hall–Kier alpha value is -1.68. The Labute approximate surface area is 117 Å². The molecule has 100 valence electrons. The molecule has 0 aliphatic carbocycles. The Morgan fingerprint density at radius 3 is 2.95 bits per heavy atom. The minimum atomic E-state index is -0.0148. The summed E-state index contributed by atoms with van der Waals surface area (Å²) in [6.07, 6.45) is 2.77. The number of carbonyl (C=O) groups excluding carboxylic acids is 1. The molecule has 0 saturated heterocycles. The monoisotopic (exact) mass is 274 g/mol. The first-order chi connectivity index (χ1) is 9.16. The van der Waals surface area contributed by atoms with E-state index in [2.05, 4.69) is 24.1 Å². The summed E-state index contributed by atoms with van der Waals surface area (Å²) < 4.78 is 0. The van der Waals surface area contributed by atoms with E-state index >= 15 is 0 Å². The van der Waals surface area contributed by atoms with Crippen LogP contribution < -0.4 is 5.32 Å². The maximum atomic E-state index is 12.0. The number of nitrogens with zero attached hydrogens (tertiary/aromatic N) is 1. The minimum absolute atomic E-state index is 0.0148. The number of nitrogens with one attached hydrogen (secondary N) is 1. The highest BCUT2D eigenvalue weighted by Crippen LogP contribution is 2.22. The molecule has 1 heterocycles. The van der Waals surface area contributed by atoms with E-state index < -0.39 is 0 Å². The number of hydrogen-bond donors (Lipinski definition) is 1. The molecule has 0 spiro atoms. The summed E-state index contributed by atoms with van der Waals surface area (Å²) in [6.45, 7) is 5.02. The van der Waals surface area contributed by atoms with E-state index in [9.17, 15) is 4.79 Å². The van der Waals surface area contributed by atoms with Crippen LogP contribution in [0.2, 0.25) is 0 Å². The molecule has 0 fully saturated rings. The number of aromatic nitrogens is 1. The maximum Gasteiger partial charge on any atom is 0.251 e. The van der Waals surface area contributed by atoms with Crippen molar-refractivity contribution < 1.29 is 4.79 Å². The van der Waals surface area contributed by atoms with E-state index in [1.807, 2.05) is 29.6 Å². The third kappa shape index (κ3) is 3.89. The zero-order valence-corrected chi connectivity index (χ0v) is 12.0. The molecule has 0 atom stereocenters. The lowest BCUT2D eigenvalue weighted by atomic mass is 10.1. The van der Waals surface area contributed by atoms with Gasteiger partial charge in [-0.25, -0.2) is 4.98 Å². The van der Waals surface area contributed by atoms with E-state index in [0.717, 1.165) is 23.5 Å². The molecular formula is C15H18N2OS. The van der Waals surface area contributed by atoms with Gasteiger partial charge in [-0.2, -0.15) is 0 Å². The number of benzene rings is 1. The van der Waals surface area contributed by atoms with E-state index in [1.165, 1.54) is 0 Å². The molecule has 1 N–H and O–H groups in total. The van der Waals surface area contributed by atoms with Gasteiger partial charge in [0.1, 0.15) is 5.01 Å². The standard InChI is InChI=1S/C15H18N2OS/c1-11(2)6-7-16-14(18)12-4-3-5-13(10-12)15-17-8-9-19-15/h3-5,8-11H,6-7H2,1-2H3,(H,16,18). The third-order valence-electron chi connectivity index (χ3n) is 2.81. The zero-order chi connectivity index (χ0) is 13.7. The predicted molar refractivity (Wildman–Crippen MR) is 79.3 cm³/mol. The van der Waals surface area contributed by atoms with Crippen LogP contribution >= 0.6 is 11.3 Å². The average Bonchev–Trinajstić information content (AvgIpc) is 2.92. The number of rotatable bonds is 5. The van der Waals surface area contributed by atoms with Gasteiger partial charge in [-0.3, -0.25) is 4.79 Å². The van der Waals surface area contributed by atoms with Crippen LogP contribution in [0, 0.1) is 5.92 Å². The fourth-order valence-corrected chi connectivity index (χ4v) is 2.37. The van der Waals surface area contributed by atoms with Gasteiger partial charge >= 0.3 is 0 Å². The molecule has 19 heavy (non-hydrogen) atoms. The number of hydrogen-bond acceptors (Lipinski definition) is 3. The van der Waals surface area contributed by atoms with Crippen molar-refractivity contribution in [1.82, 2.24) is 10.3 Å². The quantitative estimate of drug-likeness (QED) is 0.905. The van der Waals surface area contributed by atoms with Gasteiger partial charge in [0.05, 0.1) is 0 Å². The Morgan fingerprint density at radius 2 is 2.26 bits per heavy atom. The average molecular weight is 274 g/mol. The van der Waals surface area contributed by atoms with Crippen LogP contribution in [-0.2, 0) is 0 Å². The molecule has 0 bridgehead atoms. The highest BCUT2D eigenvalue weighted by molar-refractivity contribution is 7.13. The van der Waals surface area contributed by atoms with Gasteiger partial charge in [-0.05, 0) is 24.5 Å². The van der Waals surface area contributed by atoms with E-state index in [-0.39, 0.29) is 5.91 Å². The predicted octanol–water partition coefficient (Wildman–Crippen LogP) is 3.59. The second-order valence-electron chi connectivity index (χ2n) is 4.86. The van der Waals surface area contributed by atoms with Crippen molar-refractivity contribution in [3.05, 3.63) is 41.4 Å². The number of carbonyl (C=O) groups is 1. The van der Waals surface area contributed by atoms with Crippen molar-refractivity contribution in [2.45, 2.75) is 20.3 Å². The SMILES string of the molecule is CC(C)CCNC(=O)c1cccc(-c2nccs2)c1. The molecule has 3 nitrogen and oxygen atoms in total. The smallest absolute Gasteiger partial charge is 0.251 e. The molecule has 0 aliphatic rings. The normalized spacial score (nSPS) is 10.7. The molecule has 0 aliphatic heterocycles. The Morgan fingerprint density at radius 1 is 1.42 bits per heavy atom. The summed E-state index contributed by atoms with van der Waals surface area (Å²) in [5.74, 6) is 0.584. The van der Waals surface area contributed by atoms with Crippen molar-refractivity contribution in [2.24, 2.45) is 5.92 Å². The first-order valence-electron chi connectivity index (χ1n) is 6.45.